The molecule has 0 radical (unpaired) electrons. The highest BCUT2D eigenvalue weighted by atomic mass is 16.4. The lowest BCUT2D eigenvalue weighted by Crippen LogP contribution is -2.32. The summed E-state index contributed by atoms with van der Waals surface area (Å²) in [5.74, 6) is -0.796. The Morgan fingerprint density at radius 2 is 1.95 bits per heavy atom. The molecule has 1 atom stereocenters. The molecule has 0 amide bonds. The average Bonchev–Trinajstić information content (AvgIpc) is 2.79. The number of carbonyl (C=O) groups excluding carboxylic acids is 1. The van der Waals surface area contributed by atoms with E-state index in [0.717, 1.165) is 27.5 Å². The van der Waals surface area contributed by atoms with Crippen molar-refractivity contribution in [2.75, 3.05) is 0 Å². The minimum absolute atomic E-state index is 0.213. The van der Waals surface area contributed by atoms with Gasteiger partial charge in [0.15, 0.2) is 0 Å². The highest BCUT2D eigenvalue weighted by Gasteiger charge is 2.23. The lowest BCUT2D eigenvalue weighted by molar-refractivity contribution is -0.138. The van der Waals surface area contributed by atoms with Crippen LogP contribution in [0.25, 0.3) is 10.8 Å². The topological polar surface area (TPSA) is 80.4 Å². The number of Topliss-reactive ketones (excluding diaryl/α,β-unsaturated/α-hetero) is 1. The number of rotatable bonds is 3. The number of carbonyl (C=O) groups is 2. The van der Waals surface area contributed by atoms with Gasteiger partial charge >= 0.3 is 5.97 Å². The molecule has 0 aliphatic heterocycles. The molecule has 1 unspecified atom stereocenters. The Hall–Kier alpha value is -2.20. The summed E-state index contributed by atoms with van der Waals surface area (Å²) in [5, 5.41) is 11.0. The molecule has 20 heavy (non-hydrogen) atoms. The molecular formula is C16H15NO3. The summed E-state index contributed by atoms with van der Waals surface area (Å²) >= 11 is 0. The van der Waals surface area contributed by atoms with Gasteiger partial charge < -0.3 is 10.8 Å². The molecule has 0 heterocycles. The van der Waals surface area contributed by atoms with Gasteiger partial charge in [-0.15, -0.1) is 0 Å². The van der Waals surface area contributed by atoms with Crippen LogP contribution in [0.2, 0.25) is 0 Å². The molecule has 4 heteroatoms. The third kappa shape index (κ3) is 2.08. The molecule has 0 bridgehead atoms. The zero-order valence-corrected chi connectivity index (χ0v) is 10.9. The van der Waals surface area contributed by atoms with E-state index in [9.17, 15) is 9.59 Å². The van der Waals surface area contributed by atoms with Gasteiger partial charge in [-0.2, -0.15) is 0 Å². The largest absolute Gasteiger partial charge is 0.480 e. The SMILES string of the molecule is NC(Cc1cc2c(c3ccccc13)CC(=O)C2)C(=O)O. The molecule has 1 aliphatic rings. The summed E-state index contributed by atoms with van der Waals surface area (Å²) in [4.78, 5) is 22.6. The van der Waals surface area contributed by atoms with Crippen LogP contribution in [-0.4, -0.2) is 22.9 Å². The second kappa shape index (κ2) is 4.72. The van der Waals surface area contributed by atoms with Crippen molar-refractivity contribution in [3.05, 3.63) is 47.0 Å². The number of hydrogen-bond acceptors (Lipinski definition) is 3. The van der Waals surface area contributed by atoms with E-state index in [1.807, 2.05) is 30.3 Å². The van der Waals surface area contributed by atoms with Gasteiger partial charge in [0.05, 0.1) is 0 Å². The Morgan fingerprint density at radius 1 is 1.25 bits per heavy atom. The number of hydrogen-bond donors (Lipinski definition) is 2. The van der Waals surface area contributed by atoms with Crippen LogP contribution in [-0.2, 0) is 28.9 Å². The van der Waals surface area contributed by atoms with Gasteiger partial charge in [0.1, 0.15) is 11.8 Å². The zero-order valence-electron chi connectivity index (χ0n) is 10.9. The van der Waals surface area contributed by atoms with Gasteiger partial charge in [-0.25, -0.2) is 0 Å². The molecule has 0 fully saturated rings. The Balaban J connectivity index is 2.16. The molecule has 1 aliphatic carbocycles. The van der Waals surface area contributed by atoms with Crippen LogP contribution < -0.4 is 5.73 Å². The second-order valence-corrected chi connectivity index (χ2v) is 5.26. The maximum Gasteiger partial charge on any atom is 0.320 e. The fourth-order valence-corrected chi connectivity index (χ4v) is 2.91. The summed E-state index contributed by atoms with van der Waals surface area (Å²) in [6, 6.07) is 8.83. The maximum absolute atomic E-state index is 11.7. The van der Waals surface area contributed by atoms with Crippen LogP contribution in [0.15, 0.2) is 30.3 Å². The molecule has 0 aromatic heterocycles. The van der Waals surface area contributed by atoms with Crippen molar-refractivity contribution in [1.82, 2.24) is 0 Å². The Morgan fingerprint density at radius 3 is 2.65 bits per heavy atom. The summed E-state index contributed by atoms with van der Waals surface area (Å²) < 4.78 is 0. The summed E-state index contributed by atoms with van der Waals surface area (Å²) in [6.45, 7) is 0. The Kier molecular flexibility index (Phi) is 3.03. The van der Waals surface area contributed by atoms with Crippen molar-refractivity contribution in [3.63, 3.8) is 0 Å². The first-order valence-electron chi connectivity index (χ1n) is 6.58. The normalized spacial score (nSPS) is 15.3. The fraction of sp³-hybridized carbons (Fsp3) is 0.250. The van der Waals surface area contributed by atoms with Crippen LogP contribution in [0.4, 0.5) is 0 Å². The minimum atomic E-state index is -1.01. The number of carboxylic acid groups (broad SMARTS) is 1. The minimum Gasteiger partial charge on any atom is -0.480 e. The maximum atomic E-state index is 11.7. The predicted octanol–water partition coefficient (Wildman–Crippen LogP) is 1.46. The van der Waals surface area contributed by atoms with E-state index in [0.29, 0.717) is 12.8 Å². The first-order chi connectivity index (χ1) is 9.56. The van der Waals surface area contributed by atoms with E-state index in [1.165, 1.54) is 0 Å². The summed E-state index contributed by atoms with van der Waals surface area (Å²) in [6.07, 6.45) is 1.19. The summed E-state index contributed by atoms with van der Waals surface area (Å²) in [7, 11) is 0. The lowest BCUT2D eigenvalue weighted by atomic mass is 9.93. The van der Waals surface area contributed by atoms with Crippen molar-refractivity contribution in [3.8, 4) is 0 Å². The van der Waals surface area contributed by atoms with E-state index in [4.69, 9.17) is 10.8 Å². The Labute approximate surface area is 116 Å². The van der Waals surface area contributed by atoms with Crippen molar-refractivity contribution < 1.29 is 14.7 Å². The fourth-order valence-electron chi connectivity index (χ4n) is 2.91. The van der Waals surface area contributed by atoms with Crippen molar-refractivity contribution >= 4 is 22.5 Å². The first-order valence-corrected chi connectivity index (χ1v) is 6.58. The number of ketones is 1. The van der Waals surface area contributed by atoms with Gasteiger partial charge in [-0.05, 0) is 33.9 Å². The second-order valence-electron chi connectivity index (χ2n) is 5.26. The zero-order chi connectivity index (χ0) is 14.3. The quantitative estimate of drug-likeness (QED) is 0.884. The average molecular weight is 269 g/mol. The van der Waals surface area contributed by atoms with Crippen LogP contribution in [0.1, 0.15) is 16.7 Å². The molecule has 0 saturated heterocycles. The molecule has 0 saturated carbocycles. The number of aliphatic carboxylic acids is 1. The van der Waals surface area contributed by atoms with E-state index in [-0.39, 0.29) is 12.2 Å². The monoisotopic (exact) mass is 269 g/mol. The lowest BCUT2D eigenvalue weighted by Gasteiger charge is -2.13. The van der Waals surface area contributed by atoms with Crippen LogP contribution in [0.3, 0.4) is 0 Å². The van der Waals surface area contributed by atoms with Crippen LogP contribution >= 0.6 is 0 Å². The third-order valence-electron chi connectivity index (χ3n) is 3.85. The van der Waals surface area contributed by atoms with E-state index >= 15 is 0 Å². The highest BCUT2D eigenvalue weighted by molar-refractivity contribution is 5.98. The summed E-state index contributed by atoms with van der Waals surface area (Å²) in [5.41, 5.74) is 8.65. The number of carboxylic acids is 1. The molecule has 2 aromatic carbocycles. The van der Waals surface area contributed by atoms with E-state index in [1.54, 1.807) is 0 Å². The molecule has 3 rings (SSSR count). The van der Waals surface area contributed by atoms with Crippen LogP contribution in [0, 0.1) is 0 Å². The van der Waals surface area contributed by atoms with Gasteiger partial charge in [0.2, 0.25) is 0 Å². The molecule has 0 spiro atoms. The van der Waals surface area contributed by atoms with Gasteiger partial charge in [-0.1, -0.05) is 30.3 Å². The highest BCUT2D eigenvalue weighted by Crippen LogP contribution is 2.31. The molecule has 3 N–H and O–H groups in total. The van der Waals surface area contributed by atoms with Gasteiger partial charge in [0, 0.05) is 12.8 Å². The first kappa shape index (κ1) is 12.8. The van der Waals surface area contributed by atoms with Crippen molar-refractivity contribution in [1.29, 1.82) is 0 Å². The number of fused-ring (bicyclic) bond motifs is 3. The van der Waals surface area contributed by atoms with Gasteiger partial charge in [0.25, 0.3) is 0 Å². The standard InChI is InChI=1S/C16H15NO3/c17-15(16(19)20)7-10-5-9-6-11(18)8-14(9)13-4-2-1-3-12(10)13/h1-5,15H,6-8,17H2,(H,19,20). The molecule has 2 aromatic rings. The molecular weight excluding hydrogens is 254 g/mol. The number of nitrogens with two attached hydrogens (primary N) is 1. The molecule has 4 nitrogen and oxygen atoms in total. The predicted molar refractivity (Wildman–Crippen MR) is 75.7 cm³/mol. The van der Waals surface area contributed by atoms with E-state index in [2.05, 4.69) is 0 Å². The van der Waals surface area contributed by atoms with Crippen molar-refractivity contribution in [2.45, 2.75) is 25.3 Å². The Bertz CT molecular complexity index is 721. The smallest absolute Gasteiger partial charge is 0.320 e. The van der Waals surface area contributed by atoms with Crippen molar-refractivity contribution in [2.24, 2.45) is 5.73 Å². The van der Waals surface area contributed by atoms with Crippen LogP contribution in [0.5, 0.6) is 0 Å². The van der Waals surface area contributed by atoms with E-state index < -0.39 is 12.0 Å². The van der Waals surface area contributed by atoms with Gasteiger partial charge in [-0.3, -0.25) is 9.59 Å². The number of benzene rings is 2. The molecule has 102 valence electrons. The third-order valence-corrected chi connectivity index (χ3v) is 3.85.